The summed E-state index contributed by atoms with van der Waals surface area (Å²) < 4.78 is 24.0. The summed E-state index contributed by atoms with van der Waals surface area (Å²) in [6.45, 7) is -0.0850. The van der Waals surface area contributed by atoms with Crippen molar-refractivity contribution in [2.24, 2.45) is 0 Å². The average molecular weight is 301 g/mol. The third-order valence-electron chi connectivity index (χ3n) is 2.40. The number of hydrogen-bond donors (Lipinski definition) is 2. The van der Waals surface area contributed by atoms with E-state index >= 15 is 0 Å². The first-order valence-corrected chi connectivity index (χ1v) is 7.23. The molecule has 8 nitrogen and oxygen atoms in total. The van der Waals surface area contributed by atoms with E-state index in [1.54, 1.807) is 0 Å². The number of pyridine rings is 1. The van der Waals surface area contributed by atoms with Crippen LogP contribution in [0, 0.1) is 0 Å². The molecule has 0 spiro atoms. The van der Waals surface area contributed by atoms with Crippen LogP contribution in [0.4, 0.5) is 0 Å². The third kappa shape index (κ3) is 4.28. The van der Waals surface area contributed by atoms with E-state index < -0.39 is 21.9 Å². The molecule has 0 aromatic carbocycles. The molecule has 0 bridgehead atoms. The van der Waals surface area contributed by atoms with Crippen molar-refractivity contribution in [2.45, 2.75) is 0 Å². The van der Waals surface area contributed by atoms with Crippen LogP contribution in [0.2, 0.25) is 0 Å². The maximum atomic E-state index is 11.7. The lowest BCUT2D eigenvalue weighted by molar-refractivity contribution is 0.0690. The lowest BCUT2D eigenvalue weighted by Crippen LogP contribution is -2.34. The van der Waals surface area contributed by atoms with Gasteiger partial charge in [-0.1, -0.05) is 6.07 Å². The number of aromatic carboxylic acids is 1. The molecule has 0 saturated carbocycles. The van der Waals surface area contributed by atoms with E-state index in [0.717, 1.165) is 4.31 Å². The van der Waals surface area contributed by atoms with Gasteiger partial charge in [-0.05, 0) is 12.1 Å². The topological polar surface area (TPSA) is 117 Å². The summed E-state index contributed by atoms with van der Waals surface area (Å²) >= 11 is 0. The van der Waals surface area contributed by atoms with E-state index in [-0.39, 0.29) is 23.7 Å². The molecule has 0 aliphatic heterocycles. The molecule has 20 heavy (non-hydrogen) atoms. The van der Waals surface area contributed by atoms with Gasteiger partial charge in [0, 0.05) is 20.6 Å². The highest BCUT2D eigenvalue weighted by Gasteiger charge is 2.15. The standard InChI is InChI=1S/C11H15N3O5S/c1-14(2)20(18,19)7-6-12-10(15)8-4-3-5-9(13-8)11(16)17/h3-5H,6-7H2,1-2H3,(H,12,15)(H,16,17). The van der Waals surface area contributed by atoms with Crippen LogP contribution in [0.3, 0.4) is 0 Å². The van der Waals surface area contributed by atoms with Crippen LogP contribution in [-0.4, -0.2) is 61.1 Å². The lowest BCUT2D eigenvalue weighted by Gasteiger charge is -2.11. The predicted octanol–water partition coefficient (Wildman–Crippen LogP) is -0.599. The molecule has 1 amide bonds. The molecule has 1 rings (SSSR count). The van der Waals surface area contributed by atoms with Gasteiger partial charge in [-0.3, -0.25) is 4.79 Å². The molecule has 0 aliphatic carbocycles. The van der Waals surface area contributed by atoms with E-state index in [1.807, 2.05) is 0 Å². The van der Waals surface area contributed by atoms with E-state index in [4.69, 9.17) is 5.11 Å². The van der Waals surface area contributed by atoms with Crippen LogP contribution in [0.15, 0.2) is 18.2 Å². The van der Waals surface area contributed by atoms with Crippen molar-refractivity contribution >= 4 is 21.9 Å². The molecule has 0 atom stereocenters. The fraction of sp³-hybridized carbons (Fsp3) is 0.364. The number of carboxylic acid groups (broad SMARTS) is 1. The van der Waals surface area contributed by atoms with Gasteiger partial charge in [0.15, 0.2) is 0 Å². The Morgan fingerprint density at radius 2 is 1.90 bits per heavy atom. The zero-order valence-electron chi connectivity index (χ0n) is 11.0. The monoisotopic (exact) mass is 301 g/mol. The first-order valence-electron chi connectivity index (χ1n) is 5.63. The number of carbonyl (C=O) groups is 2. The Morgan fingerprint density at radius 1 is 1.30 bits per heavy atom. The highest BCUT2D eigenvalue weighted by molar-refractivity contribution is 7.89. The second kappa shape index (κ2) is 6.44. The van der Waals surface area contributed by atoms with Gasteiger partial charge in [-0.25, -0.2) is 22.5 Å². The summed E-state index contributed by atoms with van der Waals surface area (Å²) in [6.07, 6.45) is 0. The second-order valence-corrected chi connectivity index (χ2v) is 6.37. The van der Waals surface area contributed by atoms with Crippen molar-refractivity contribution in [1.29, 1.82) is 0 Å². The molecule has 9 heteroatoms. The maximum absolute atomic E-state index is 11.7. The van der Waals surface area contributed by atoms with E-state index in [0.29, 0.717) is 0 Å². The first-order chi connectivity index (χ1) is 9.24. The normalized spacial score (nSPS) is 11.3. The number of hydrogen-bond acceptors (Lipinski definition) is 5. The summed E-state index contributed by atoms with van der Waals surface area (Å²) in [5.41, 5.74) is -0.328. The highest BCUT2D eigenvalue weighted by atomic mass is 32.2. The number of carbonyl (C=O) groups excluding carboxylic acids is 1. The van der Waals surface area contributed by atoms with Crippen molar-refractivity contribution in [1.82, 2.24) is 14.6 Å². The number of nitrogens with zero attached hydrogens (tertiary/aromatic N) is 2. The van der Waals surface area contributed by atoms with Gasteiger partial charge in [-0.2, -0.15) is 0 Å². The molecule has 1 aromatic heterocycles. The van der Waals surface area contributed by atoms with Gasteiger partial charge in [0.2, 0.25) is 10.0 Å². The highest BCUT2D eigenvalue weighted by Crippen LogP contribution is 2.00. The van der Waals surface area contributed by atoms with Gasteiger partial charge < -0.3 is 10.4 Å². The average Bonchev–Trinajstić information content (AvgIpc) is 2.38. The zero-order valence-corrected chi connectivity index (χ0v) is 11.8. The Labute approximate surface area is 116 Å². The Bertz CT molecular complexity index is 612. The van der Waals surface area contributed by atoms with Gasteiger partial charge in [0.1, 0.15) is 11.4 Å². The summed E-state index contributed by atoms with van der Waals surface area (Å²) in [4.78, 5) is 26.1. The quantitative estimate of drug-likeness (QED) is 0.724. The van der Waals surface area contributed by atoms with Crippen molar-refractivity contribution in [3.63, 3.8) is 0 Å². The summed E-state index contributed by atoms with van der Waals surface area (Å²) in [6, 6.07) is 4.00. The maximum Gasteiger partial charge on any atom is 0.354 e. The van der Waals surface area contributed by atoms with E-state index in [1.165, 1.54) is 32.3 Å². The summed E-state index contributed by atoms with van der Waals surface area (Å²) in [7, 11) is -0.598. The fourth-order valence-corrected chi connectivity index (χ4v) is 1.97. The van der Waals surface area contributed by atoms with Crippen molar-refractivity contribution in [2.75, 3.05) is 26.4 Å². The number of aromatic nitrogens is 1. The Balaban J connectivity index is 2.64. The van der Waals surface area contributed by atoms with Crippen LogP contribution in [0.1, 0.15) is 21.0 Å². The molecule has 110 valence electrons. The molecule has 0 unspecified atom stereocenters. The number of carboxylic acids is 1. The minimum atomic E-state index is -3.39. The van der Waals surface area contributed by atoms with Crippen LogP contribution < -0.4 is 5.32 Å². The number of sulfonamides is 1. The minimum Gasteiger partial charge on any atom is -0.477 e. The third-order valence-corrected chi connectivity index (χ3v) is 4.24. The SMILES string of the molecule is CN(C)S(=O)(=O)CCNC(=O)c1cccc(C(=O)O)n1. The minimum absolute atomic E-state index is 0.0767. The molecule has 0 fully saturated rings. The molecule has 0 radical (unpaired) electrons. The van der Waals surface area contributed by atoms with Gasteiger partial charge in [0.25, 0.3) is 5.91 Å². The zero-order chi connectivity index (χ0) is 15.3. The Kier molecular flexibility index (Phi) is 5.17. The van der Waals surface area contributed by atoms with E-state index in [9.17, 15) is 18.0 Å². The molecule has 1 heterocycles. The van der Waals surface area contributed by atoms with Gasteiger partial charge >= 0.3 is 5.97 Å². The summed E-state index contributed by atoms with van der Waals surface area (Å²) in [5, 5.41) is 11.1. The van der Waals surface area contributed by atoms with Crippen LogP contribution >= 0.6 is 0 Å². The smallest absolute Gasteiger partial charge is 0.354 e. The first kappa shape index (κ1) is 16.1. The van der Waals surface area contributed by atoms with Crippen LogP contribution in [0.5, 0.6) is 0 Å². The summed E-state index contributed by atoms with van der Waals surface area (Å²) in [5.74, 6) is -2.11. The molecular weight excluding hydrogens is 286 g/mol. The number of rotatable bonds is 6. The fourth-order valence-electron chi connectivity index (χ4n) is 1.25. The molecule has 0 saturated heterocycles. The van der Waals surface area contributed by atoms with Gasteiger partial charge in [0.05, 0.1) is 5.75 Å². The largest absolute Gasteiger partial charge is 0.477 e. The number of nitrogens with one attached hydrogen (secondary N) is 1. The van der Waals surface area contributed by atoms with Crippen molar-refractivity contribution in [3.05, 3.63) is 29.6 Å². The Morgan fingerprint density at radius 3 is 2.45 bits per heavy atom. The molecular formula is C11H15N3O5S. The van der Waals surface area contributed by atoms with E-state index in [2.05, 4.69) is 10.3 Å². The molecule has 0 aliphatic rings. The van der Waals surface area contributed by atoms with Crippen LogP contribution in [0.25, 0.3) is 0 Å². The van der Waals surface area contributed by atoms with Crippen molar-refractivity contribution in [3.8, 4) is 0 Å². The Hall–Kier alpha value is -2.00. The molecule has 2 N–H and O–H groups in total. The second-order valence-electron chi connectivity index (χ2n) is 4.07. The predicted molar refractivity (Wildman–Crippen MR) is 71.0 cm³/mol. The lowest BCUT2D eigenvalue weighted by atomic mass is 10.3. The van der Waals surface area contributed by atoms with Crippen LogP contribution in [-0.2, 0) is 10.0 Å². The number of amides is 1. The molecule has 1 aromatic rings. The van der Waals surface area contributed by atoms with Gasteiger partial charge in [-0.15, -0.1) is 0 Å². The van der Waals surface area contributed by atoms with Crippen molar-refractivity contribution < 1.29 is 23.1 Å².